The van der Waals surface area contributed by atoms with Crippen LogP contribution in [0.25, 0.3) is 0 Å². The van der Waals surface area contributed by atoms with Gasteiger partial charge >= 0.3 is 12.2 Å². The van der Waals surface area contributed by atoms with Crippen molar-refractivity contribution in [2.75, 3.05) is 52.5 Å². The summed E-state index contributed by atoms with van der Waals surface area (Å²) >= 11 is 0. The average Bonchev–Trinajstić information content (AvgIpc) is 3.32. The Bertz CT molecular complexity index is 2300. The van der Waals surface area contributed by atoms with E-state index in [-0.39, 0.29) is 26.1 Å². The molecule has 18 heteroatoms. The first-order valence-corrected chi connectivity index (χ1v) is 26.3. The number of carbonyl (C=O) groups excluding carboxylic acids is 4. The van der Waals surface area contributed by atoms with E-state index in [1.807, 2.05) is 49.4 Å². The summed E-state index contributed by atoms with van der Waals surface area (Å²) < 4.78 is 51.4. The number of aliphatic hydroxyl groups excluding tert-OH is 2. The van der Waals surface area contributed by atoms with Gasteiger partial charge in [-0.3, -0.25) is 24.3 Å². The van der Waals surface area contributed by atoms with Crippen LogP contribution in [0.5, 0.6) is 11.5 Å². The van der Waals surface area contributed by atoms with Gasteiger partial charge in [0.2, 0.25) is 11.8 Å². The first-order valence-electron chi connectivity index (χ1n) is 26.3. The molecule has 0 spiro atoms. The molecule has 2 saturated heterocycles. The van der Waals surface area contributed by atoms with Gasteiger partial charge in [0.15, 0.2) is 0 Å². The van der Waals surface area contributed by atoms with Gasteiger partial charge in [0.25, 0.3) is 0 Å². The summed E-state index contributed by atoms with van der Waals surface area (Å²) in [6.07, 6.45) is 4.66. The predicted octanol–water partition coefficient (Wildman–Crippen LogP) is 7.96. The summed E-state index contributed by atoms with van der Waals surface area (Å²) in [5, 5.41) is 31.8. The number of ether oxygens (including phenoxy) is 4. The number of unbranched alkanes of at least 4 members (excludes halogenated alkanes) is 2. The molecule has 4 amide bonds. The summed E-state index contributed by atoms with van der Waals surface area (Å²) in [5.41, 5.74) is 0.860. The molecule has 0 bridgehead atoms. The molecule has 2 fully saturated rings. The molecule has 0 saturated carbocycles. The van der Waals surface area contributed by atoms with Crippen LogP contribution in [0.2, 0.25) is 0 Å². The van der Waals surface area contributed by atoms with Crippen LogP contribution in [0.3, 0.4) is 0 Å². The number of amides is 4. The fourth-order valence-corrected chi connectivity index (χ4v) is 8.92. The second-order valence-electron chi connectivity index (χ2n) is 21.2. The third-order valence-corrected chi connectivity index (χ3v) is 12.2. The van der Waals surface area contributed by atoms with Crippen molar-refractivity contribution in [3.63, 3.8) is 0 Å². The number of piperazine rings is 2. The van der Waals surface area contributed by atoms with Gasteiger partial charge < -0.3 is 45.1 Å². The van der Waals surface area contributed by atoms with Crippen LogP contribution in [-0.4, -0.2) is 149 Å². The van der Waals surface area contributed by atoms with E-state index in [1.54, 1.807) is 58.6 Å². The lowest BCUT2D eigenvalue weighted by atomic mass is 9.93. The van der Waals surface area contributed by atoms with E-state index in [0.717, 1.165) is 31.2 Å². The van der Waals surface area contributed by atoms with Crippen molar-refractivity contribution in [2.45, 2.75) is 162 Å². The van der Waals surface area contributed by atoms with Crippen molar-refractivity contribution in [3.8, 4) is 11.5 Å². The zero-order valence-corrected chi connectivity index (χ0v) is 45.8. The highest BCUT2D eigenvalue weighted by molar-refractivity contribution is 5.74. The molecule has 418 valence electrons. The molecular weight excluding hydrogens is 967 g/mol. The van der Waals surface area contributed by atoms with Gasteiger partial charge in [-0.2, -0.15) is 0 Å². The normalized spacial score (nSPS) is 17.9. The SMILES string of the molecule is CC/C=C/COc1cc(F)cc(C[C@H](NC(C)=O)[C@H](O)[C@H]2CN(Cc3ccccc3)CCN2C(=O)OC(C)(C)C)c1.CCCCCOc1cc(F)cc(C[C@H](NC(C)=O)[C@H](O)[C@H]2CNCCN2C(=O)OC(C)(C)C)c1.[HH]. The highest BCUT2D eigenvalue weighted by atomic mass is 19.1. The average molecular weight is 1050 g/mol. The zero-order valence-electron chi connectivity index (χ0n) is 45.8. The second kappa shape index (κ2) is 30.1. The molecule has 0 radical (unpaired) electrons. The van der Waals surface area contributed by atoms with Crippen molar-refractivity contribution in [1.82, 2.24) is 30.7 Å². The van der Waals surface area contributed by atoms with Crippen LogP contribution in [-0.2, 0) is 38.4 Å². The summed E-state index contributed by atoms with van der Waals surface area (Å²) in [4.78, 5) is 55.4. The van der Waals surface area contributed by atoms with Gasteiger partial charge in [-0.25, -0.2) is 18.4 Å². The minimum Gasteiger partial charge on any atom is -0.493 e. The number of halogens is 2. The number of hydrogen-bond donors (Lipinski definition) is 5. The van der Waals surface area contributed by atoms with Gasteiger partial charge in [0.1, 0.15) is 40.9 Å². The molecule has 2 aliphatic heterocycles. The monoisotopic (exact) mass is 1050 g/mol. The minimum atomic E-state index is -1.16. The lowest BCUT2D eigenvalue weighted by Gasteiger charge is -2.45. The summed E-state index contributed by atoms with van der Waals surface area (Å²) in [6.45, 7) is 21.6. The minimum absolute atomic E-state index is 0. The van der Waals surface area contributed by atoms with E-state index in [1.165, 1.54) is 43.0 Å². The van der Waals surface area contributed by atoms with E-state index < -0.39 is 71.4 Å². The number of nitrogens with one attached hydrogen (secondary N) is 3. The smallest absolute Gasteiger partial charge is 0.410 e. The van der Waals surface area contributed by atoms with Crippen LogP contribution in [0.15, 0.2) is 78.9 Å². The molecule has 0 aromatic heterocycles. The Labute approximate surface area is 445 Å². The Kier molecular flexibility index (Phi) is 24.7. The van der Waals surface area contributed by atoms with E-state index in [4.69, 9.17) is 18.9 Å². The third kappa shape index (κ3) is 22.1. The lowest BCUT2D eigenvalue weighted by Crippen LogP contribution is -2.64. The van der Waals surface area contributed by atoms with Crippen molar-refractivity contribution in [3.05, 3.63) is 107 Å². The molecule has 2 aliphatic rings. The third-order valence-electron chi connectivity index (χ3n) is 12.2. The molecule has 3 aromatic carbocycles. The number of allylic oxidation sites excluding steroid dienone is 1. The molecule has 0 unspecified atom stereocenters. The lowest BCUT2D eigenvalue weighted by molar-refractivity contribution is -0.122. The van der Waals surface area contributed by atoms with Crippen molar-refractivity contribution in [1.29, 1.82) is 0 Å². The van der Waals surface area contributed by atoms with Crippen molar-refractivity contribution < 1.29 is 58.5 Å². The van der Waals surface area contributed by atoms with Crippen LogP contribution in [0, 0.1) is 11.6 Å². The number of nitrogens with zero attached hydrogens (tertiary/aromatic N) is 3. The fraction of sp³-hybridized carbons (Fsp3) is 0.579. The summed E-state index contributed by atoms with van der Waals surface area (Å²) in [6, 6.07) is 15.9. The van der Waals surface area contributed by atoms with Gasteiger partial charge in [-0.05, 0) is 108 Å². The Hall–Kier alpha value is -5.82. The highest BCUT2D eigenvalue weighted by Gasteiger charge is 2.41. The molecule has 3 aromatic rings. The number of hydrogen-bond acceptors (Lipinski definition) is 12. The number of aliphatic hydroxyl groups is 2. The summed E-state index contributed by atoms with van der Waals surface area (Å²) in [7, 11) is 0. The molecule has 16 nitrogen and oxygen atoms in total. The molecule has 5 N–H and O–H groups in total. The maximum atomic E-state index is 14.5. The van der Waals surface area contributed by atoms with Gasteiger partial charge in [0.05, 0.1) is 43.0 Å². The zero-order chi connectivity index (χ0) is 55.3. The van der Waals surface area contributed by atoms with Crippen LogP contribution in [0.4, 0.5) is 18.4 Å². The van der Waals surface area contributed by atoms with Gasteiger partial charge in [-0.15, -0.1) is 0 Å². The first kappa shape index (κ1) is 61.7. The second-order valence-corrected chi connectivity index (χ2v) is 21.2. The Morgan fingerprint density at radius 3 is 1.77 bits per heavy atom. The highest BCUT2D eigenvalue weighted by Crippen LogP contribution is 2.26. The molecule has 2 heterocycles. The van der Waals surface area contributed by atoms with Gasteiger partial charge in [-0.1, -0.05) is 69.2 Å². The van der Waals surface area contributed by atoms with E-state index in [9.17, 15) is 38.2 Å². The molecule has 75 heavy (non-hydrogen) atoms. The van der Waals surface area contributed by atoms with E-state index >= 15 is 0 Å². The van der Waals surface area contributed by atoms with Crippen LogP contribution >= 0.6 is 0 Å². The van der Waals surface area contributed by atoms with E-state index in [2.05, 4.69) is 27.8 Å². The van der Waals surface area contributed by atoms with Crippen molar-refractivity contribution in [2.24, 2.45) is 0 Å². The topological polar surface area (TPSA) is 191 Å². The molecule has 0 aliphatic carbocycles. The fourth-order valence-electron chi connectivity index (χ4n) is 8.92. The quantitative estimate of drug-likeness (QED) is 0.0512. The standard InChI is InChI=1S/C32H44FN3O5.C25H40FN3O5.H2/c1-6-7-11-16-40-27-18-25(17-26(33)20-27)19-28(34-23(2)37)30(38)29-22-35(21-24-12-9-8-10-13-24)14-15-36(29)31(39)41-32(3,4)5;1-6-7-8-11-33-20-13-18(12-19(26)15-20)14-21(28-17(2)30)23(31)22-16-27-9-10-29(22)24(32)34-25(3,4)5;/h7-13,17-18,20,28-30,38H,6,14-16,19,21-22H2,1-5H3,(H,34,37);12-13,15,21-23,27,31H,6-11,14,16H2,1-5H3,(H,28,30);1H/b11-7+;;/t28-,29+,30-;21-,22+,23-;/m00./s1. The van der Waals surface area contributed by atoms with Crippen LogP contribution in [0.1, 0.15) is 113 Å². The Morgan fingerprint density at radius 1 is 0.720 bits per heavy atom. The maximum absolute atomic E-state index is 14.5. The molecule has 5 rings (SSSR count). The van der Waals surface area contributed by atoms with Gasteiger partial charge in [0, 0.05) is 73.2 Å². The number of rotatable bonds is 21. The largest absolute Gasteiger partial charge is 0.493 e. The summed E-state index contributed by atoms with van der Waals surface area (Å²) in [5.74, 6) is -0.823. The predicted molar refractivity (Wildman–Crippen MR) is 288 cm³/mol. The van der Waals surface area contributed by atoms with Crippen LogP contribution < -0.4 is 25.4 Å². The maximum Gasteiger partial charge on any atom is 0.410 e. The van der Waals surface area contributed by atoms with E-state index in [0.29, 0.717) is 81.7 Å². The Morgan fingerprint density at radius 2 is 1.25 bits per heavy atom. The molecule has 6 atom stereocenters. The Balaban J connectivity index is 0.000000402. The number of carbonyl (C=O) groups is 4. The van der Waals surface area contributed by atoms with Crippen molar-refractivity contribution >= 4 is 24.0 Å². The number of benzene rings is 3. The first-order chi connectivity index (χ1) is 35.4. The molecular formula is C57H86F2N6O10.